The molecule has 0 aliphatic heterocycles. The van der Waals surface area contributed by atoms with Gasteiger partial charge in [-0.2, -0.15) is 0 Å². The van der Waals surface area contributed by atoms with Gasteiger partial charge < -0.3 is 5.11 Å². The van der Waals surface area contributed by atoms with E-state index < -0.39 is 0 Å². The molecule has 0 saturated carbocycles. The fourth-order valence-electron chi connectivity index (χ4n) is 1.73. The van der Waals surface area contributed by atoms with E-state index in [2.05, 4.69) is 46.8 Å². The molecule has 0 aliphatic carbocycles. The van der Waals surface area contributed by atoms with Crippen molar-refractivity contribution in [1.29, 1.82) is 0 Å². The summed E-state index contributed by atoms with van der Waals surface area (Å²) in [7, 11) is 0. The lowest BCUT2D eigenvalue weighted by atomic mass is 9.84. The quantitative estimate of drug-likeness (QED) is 0.780. The van der Waals surface area contributed by atoms with Gasteiger partial charge in [0.25, 0.3) is 0 Å². The molecule has 0 radical (unpaired) electrons. The minimum Gasteiger partial charge on any atom is -0.507 e. The van der Waals surface area contributed by atoms with E-state index in [0.717, 1.165) is 24.0 Å². The average molecular weight is 206 g/mol. The zero-order valence-corrected chi connectivity index (χ0v) is 10.5. The van der Waals surface area contributed by atoms with E-state index in [1.165, 1.54) is 5.56 Å². The third kappa shape index (κ3) is 2.53. The summed E-state index contributed by atoms with van der Waals surface area (Å²) in [5.41, 5.74) is 3.61. The highest BCUT2D eigenvalue weighted by atomic mass is 16.3. The van der Waals surface area contributed by atoms with E-state index in [4.69, 9.17) is 0 Å². The lowest BCUT2D eigenvalue weighted by molar-refractivity contribution is 0.460. The van der Waals surface area contributed by atoms with Crippen molar-refractivity contribution in [2.75, 3.05) is 0 Å². The first kappa shape index (κ1) is 12.1. The molecule has 84 valence electrons. The smallest absolute Gasteiger partial charge is 0.121 e. The first-order chi connectivity index (χ1) is 6.90. The number of phenolic OH excluding ortho intramolecular Hbond substituents is 1. The second kappa shape index (κ2) is 4.26. The Hall–Kier alpha value is -0.980. The molecule has 0 atom stereocenters. The van der Waals surface area contributed by atoms with Crippen LogP contribution in [0.1, 0.15) is 51.3 Å². The van der Waals surface area contributed by atoms with E-state index >= 15 is 0 Å². The van der Waals surface area contributed by atoms with Gasteiger partial charge in [0.05, 0.1) is 0 Å². The van der Waals surface area contributed by atoms with Crippen LogP contribution in [0.5, 0.6) is 5.75 Å². The Labute approximate surface area is 93.1 Å². The van der Waals surface area contributed by atoms with Crippen LogP contribution in [0, 0.1) is 0 Å². The highest BCUT2D eigenvalue weighted by molar-refractivity contribution is 5.45. The molecule has 0 amide bonds. The molecule has 0 heterocycles. The van der Waals surface area contributed by atoms with E-state index in [0.29, 0.717) is 5.75 Å². The number of hydrogen-bond donors (Lipinski definition) is 1. The van der Waals surface area contributed by atoms with Gasteiger partial charge in [-0.25, -0.2) is 0 Å². The molecule has 0 aliphatic rings. The summed E-state index contributed by atoms with van der Waals surface area (Å²) < 4.78 is 0. The van der Waals surface area contributed by atoms with Gasteiger partial charge >= 0.3 is 0 Å². The van der Waals surface area contributed by atoms with Gasteiger partial charge in [0.1, 0.15) is 5.75 Å². The Morgan fingerprint density at radius 2 is 1.40 bits per heavy atom. The van der Waals surface area contributed by atoms with Crippen LogP contribution < -0.4 is 0 Å². The summed E-state index contributed by atoms with van der Waals surface area (Å²) >= 11 is 0. The number of rotatable bonds is 2. The molecule has 0 fully saturated rings. The lowest BCUT2D eigenvalue weighted by Crippen LogP contribution is -2.12. The second-order valence-electron chi connectivity index (χ2n) is 5.10. The first-order valence-electron chi connectivity index (χ1n) is 5.75. The third-order valence-electron chi connectivity index (χ3n) is 2.90. The Morgan fingerprint density at radius 3 is 1.67 bits per heavy atom. The van der Waals surface area contributed by atoms with Crippen LogP contribution in [-0.2, 0) is 18.3 Å². The van der Waals surface area contributed by atoms with Gasteiger partial charge in [-0.3, -0.25) is 0 Å². The average Bonchev–Trinajstić information content (AvgIpc) is 2.16. The monoisotopic (exact) mass is 206 g/mol. The normalized spacial score (nSPS) is 11.8. The lowest BCUT2D eigenvalue weighted by Gasteiger charge is -2.22. The van der Waals surface area contributed by atoms with Crippen LogP contribution in [0.3, 0.4) is 0 Å². The molecule has 1 aromatic rings. The van der Waals surface area contributed by atoms with E-state index in [9.17, 15) is 5.11 Å². The summed E-state index contributed by atoms with van der Waals surface area (Å²) in [5, 5.41) is 9.98. The maximum atomic E-state index is 9.98. The fraction of sp³-hybridized carbons (Fsp3) is 0.571. The minimum absolute atomic E-state index is 0.154. The van der Waals surface area contributed by atoms with Crippen molar-refractivity contribution >= 4 is 0 Å². The number of hydrogen-bond acceptors (Lipinski definition) is 1. The number of phenols is 1. The van der Waals surface area contributed by atoms with Crippen molar-refractivity contribution in [2.45, 2.75) is 52.9 Å². The van der Waals surface area contributed by atoms with Crippen molar-refractivity contribution < 1.29 is 5.11 Å². The summed E-state index contributed by atoms with van der Waals surface area (Å²) in [6, 6.07) is 4.27. The van der Waals surface area contributed by atoms with Gasteiger partial charge in [-0.1, -0.05) is 46.8 Å². The second-order valence-corrected chi connectivity index (χ2v) is 5.10. The predicted molar refractivity (Wildman–Crippen MR) is 65.6 cm³/mol. The van der Waals surface area contributed by atoms with Crippen LogP contribution in [0.15, 0.2) is 12.1 Å². The summed E-state index contributed by atoms with van der Waals surface area (Å²) in [5.74, 6) is 0.494. The van der Waals surface area contributed by atoms with E-state index in [1.807, 2.05) is 0 Å². The Bertz CT molecular complexity index is 320. The van der Waals surface area contributed by atoms with Gasteiger partial charge in [-0.15, -0.1) is 0 Å². The minimum atomic E-state index is 0.154. The Morgan fingerprint density at radius 1 is 1.00 bits per heavy atom. The summed E-state index contributed by atoms with van der Waals surface area (Å²) in [6.45, 7) is 10.8. The van der Waals surface area contributed by atoms with Crippen LogP contribution in [0.4, 0.5) is 0 Å². The SMILES string of the molecule is CCc1cc(C(C)(C)C)cc(CC)c1O. The van der Waals surface area contributed by atoms with Crippen LogP contribution in [0.25, 0.3) is 0 Å². The van der Waals surface area contributed by atoms with E-state index in [-0.39, 0.29) is 5.41 Å². The fourth-order valence-corrected chi connectivity index (χ4v) is 1.73. The maximum Gasteiger partial charge on any atom is 0.121 e. The molecule has 15 heavy (non-hydrogen) atoms. The van der Waals surface area contributed by atoms with Gasteiger partial charge in [0.15, 0.2) is 0 Å². The molecule has 1 heteroatoms. The van der Waals surface area contributed by atoms with Gasteiger partial charge in [-0.05, 0) is 34.9 Å². The van der Waals surface area contributed by atoms with Crippen molar-refractivity contribution in [3.05, 3.63) is 28.8 Å². The van der Waals surface area contributed by atoms with Crippen LogP contribution >= 0.6 is 0 Å². The molecule has 0 unspecified atom stereocenters. The topological polar surface area (TPSA) is 20.2 Å². The van der Waals surface area contributed by atoms with Crippen molar-refractivity contribution in [3.63, 3.8) is 0 Å². The number of benzene rings is 1. The van der Waals surface area contributed by atoms with Gasteiger partial charge in [0, 0.05) is 0 Å². The molecule has 1 nitrogen and oxygen atoms in total. The maximum absolute atomic E-state index is 9.98. The van der Waals surface area contributed by atoms with E-state index in [1.54, 1.807) is 0 Å². The predicted octanol–water partition coefficient (Wildman–Crippen LogP) is 3.81. The van der Waals surface area contributed by atoms with Crippen LogP contribution in [0.2, 0.25) is 0 Å². The molecular formula is C14H22O. The molecular weight excluding hydrogens is 184 g/mol. The first-order valence-corrected chi connectivity index (χ1v) is 5.75. The van der Waals surface area contributed by atoms with Crippen molar-refractivity contribution in [3.8, 4) is 5.75 Å². The van der Waals surface area contributed by atoms with Crippen molar-refractivity contribution in [1.82, 2.24) is 0 Å². The van der Waals surface area contributed by atoms with Crippen molar-refractivity contribution in [2.24, 2.45) is 0 Å². The largest absolute Gasteiger partial charge is 0.507 e. The number of aromatic hydroxyl groups is 1. The van der Waals surface area contributed by atoms with Crippen LogP contribution in [-0.4, -0.2) is 5.11 Å². The molecule has 0 spiro atoms. The highest BCUT2D eigenvalue weighted by Gasteiger charge is 2.17. The summed E-state index contributed by atoms with van der Waals surface area (Å²) in [6.07, 6.45) is 1.78. The summed E-state index contributed by atoms with van der Waals surface area (Å²) in [4.78, 5) is 0. The molecule has 1 N–H and O–H groups in total. The molecule has 0 saturated heterocycles. The Kier molecular flexibility index (Phi) is 3.43. The zero-order chi connectivity index (χ0) is 11.6. The molecule has 1 rings (SSSR count). The standard InChI is InChI=1S/C14H22O/c1-6-10-8-12(14(3,4)5)9-11(7-2)13(10)15/h8-9,15H,6-7H2,1-5H3. The third-order valence-corrected chi connectivity index (χ3v) is 2.90. The molecule has 0 aromatic heterocycles. The zero-order valence-electron chi connectivity index (χ0n) is 10.5. The molecule has 0 bridgehead atoms. The van der Waals surface area contributed by atoms with Gasteiger partial charge in [0.2, 0.25) is 0 Å². The highest BCUT2D eigenvalue weighted by Crippen LogP contribution is 2.31. The molecule has 1 aromatic carbocycles. The Balaban J connectivity index is 3.33. The number of aryl methyl sites for hydroxylation is 2.